The first-order valence-corrected chi connectivity index (χ1v) is 6.75. The zero-order valence-corrected chi connectivity index (χ0v) is 11.8. The van der Waals surface area contributed by atoms with E-state index < -0.39 is 17.8 Å². The number of urea groups is 1. The Morgan fingerprint density at radius 2 is 1.68 bits per heavy atom. The number of imide groups is 2. The molecule has 0 spiro atoms. The summed E-state index contributed by atoms with van der Waals surface area (Å²) in [4.78, 5) is 38.7. The van der Waals surface area contributed by atoms with Crippen molar-refractivity contribution in [1.82, 2.24) is 24.8 Å². The smallest absolute Gasteiger partial charge is 0.263 e. The number of carbonyl (C=O) groups is 3. The number of rotatable bonds is 4. The van der Waals surface area contributed by atoms with Gasteiger partial charge < -0.3 is 0 Å². The van der Waals surface area contributed by atoms with Crippen LogP contribution in [-0.2, 0) is 16.1 Å². The van der Waals surface area contributed by atoms with Gasteiger partial charge in [-0.1, -0.05) is 18.2 Å². The van der Waals surface area contributed by atoms with Crippen LogP contribution in [0.25, 0.3) is 5.69 Å². The molecule has 3 rings (SSSR count). The molecule has 8 heteroatoms. The zero-order chi connectivity index (χ0) is 15.7. The minimum Gasteiger partial charge on any atom is -0.263 e. The summed E-state index contributed by atoms with van der Waals surface area (Å²) in [5.41, 5.74) is 1.19. The second-order valence-corrected chi connectivity index (χ2v) is 4.68. The van der Waals surface area contributed by atoms with Crippen LogP contribution in [0.5, 0.6) is 0 Å². The number of para-hydroxylation sites is 1. The Kier molecular flexibility index (Phi) is 3.42. The molecule has 1 aliphatic heterocycles. The first-order valence-electron chi connectivity index (χ1n) is 6.75. The number of hydrogen-bond acceptors (Lipinski definition) is 5. The summed E-state index contributed by atoms with van der Waals surface area (Å²) in [5, 5.41) is 8.31. The molecular weight excluding hydrogens is 286 g/mol. The van der Waals surface area contributed by atoms with Gasteiger partial charge in [0.05, 0.1) is 18.4 Å². The molecule has 2 heterocycles. The lowest BCUT2D eigenvalue weighted by Crippen LogP contribution is -2.33. The molecule has 112 valence electrons. The number of aromatic nitrogens is 3. The van der Waals surface area contributed by atoms with Gasteiger partial charge in [-0.15, -0.1) is 0 Å². The van der Waals surface area contributed by atoms with Crippen LogP contribution in [0.4, 0.5) is 4.79 Å². The monoisotopic (exact) mass is 299 g/mol. The van der Waals surface area contributed by atoms with Gasteiger partial charge in [0, 0.05) is 6.54 Å². The fourth-order valence-electron chi connectivity index (χ4n) is 2.18. The summed E-state index contributed by atoms with van der Waals surface area (Å²) in [5.74, 6) is -1.64. The molecule has 1 aliphatic rings. The van der Waals surface area contributed by atoms with Crippen LogP contribution in [0.2, 0.25) is 0 Å². The van der Waals surface area contributed by atoms with Crippen LogP contribution in [0.15, 0.2) is 36.5 Å². The Hall–Kier alpha value is -3.03. The summed E-state index contributed by atoms with van der Waals surface area (Å²) < 4.78 is 0. The number of likely N-dealkylation sites (N-methyl/N-ethyl adjacent to an activating group) is 1. The summed E-state index contributed by atoms with van der Waals surface area (Å²) in [6, 6.07) is 8.62. The molecule has 0 radical (unpaired) electrons. The van der Waals surface area contributed by atoms with Crippen molar-refractivity contribution >= 4 is 17.8 Å². The summed E-state index contributed by atoms with van der Waals surface area (Å²) >= 11 is 0. The molecule has 1 aromatic carbocycles. The third kappa shape index (κ3) is 2.24. The van der Waals surface area contributed by atoms with Crippen LogP contribution in [0, 0.1) is 0 Å². The molecule has 0 saturated carbocycles. The van der Waals surface area contributed by atoms with Crippen molar-refractivity contribution in [3.05, 3.63) is 42.2 Å². The molecule has 4 amide bonds. The number of carbonyl (C=O) groups excluding carboxylic acids is 3. The predicted octanol–water partition coefficient (Wildman–Crippen LogP) is 0.578. The largest absolute Gasteiger partial charge is 0.334 e. The van der Waals surface area contributed by atoms with Crippen molar-refractivity contribution in [3.63, 3.8) is 0 Å². The van der Waals surface area contributed by atoms with E-state index in [1.165, 1.54) is 11.0 Å². The van der Waals surface area contributed by atoms with Crippen molar-refractivity contribution in [1.29, 1.82) is 0 Å². The fraction of sp³-hybridized carbons (Fsp3) is 0.214. The molecule has 8 nitrogen and oxygen atoms in total. The number of benzene rings is 1. The van der Waals surface area contributed by atoms with Crippen LogP contribution < -0.4 is 0 Å². The normalized spacial score (nSPS) is 15.0. The van der Waals surface area contributed by atoms with E-state index in [1.54, 1.807) is 6.92 Å². The molecule has 1 fully saturated rings. The van der Waals surface area contributed by atoms with Crippen molar-refractivity contribution in [3.8, 4) is 5.69 Å². The SMILES string of the molecule is CCN1C(=O)C(=O)N(Cc2cnn(-c3ccccc3)n2)C1=O. The lowest BCUT2D eigenvalue weighted by Gasteiger charge is -2.12. The highest BCUT2D eigenvalue weighted by Crippen LogP contribution is 2.15. The first kappa shape index (κ1) is 13.9. The molecule has 0 atom stereocenters. The van der Waals surface area contributed by atoms with E-state index in [4.69, 9.17) is 0 Å². The number of nitrogens with zero attached hydrogens (tertiary/aromatic N) is 5. The maximum Gasteiger partial charge on any atom is 0.334 e. The second kappa shape index (κ2) is 5.40. The zero-order valence-electron chi connectivity index (χ0n) is 11.8. The van der Waals surface area contributed by atoms with Gasteiger partial charge in [-0.2, -0.15) is 15.0 Å². The first-order chi connectivity index (χ1) is 10.6. The van der Waals surface area contributed by atoms with Crippen molar-refractivity contribution in [2.24, 2.45) is 0 Å². The van der Waals surface area contributed by atoms with E-state index in [1.807, 2.05) is 30.3 Å². The van der Waals surface area contributed by atoms with Crippen molar-refractivity contribution < 1.29 is 14.4 Å². The molecule has 0 N–H and O–H groups in total. The molecule has 1 saturated heterocycles. The van der Waals surface area contributed by atoms with Gasteiger partial charge >= 0.3 is 17.8 Å². The maximum atomic E-state index is 12.0. The Morgan fingerprint density at radius 3 is 2.32 bits per heavy atom. The maximum absolute atomic E-state index is 12.0. The average Bonchev–Trinajstić information content (AvgIpc) is 3.08. The van der Waals surface area contributed by atoms with Crippen LogP contribution in [0.1, 0.15) is 12.6 Å². The highest BCUT2D eigenvalue weighted by Gasteiger charge is 2.43. The molecule has 0 aliphatic carbocycles. The van der Waals surface area contributed by atoms with Gasteiger partial charge in [-0.3, -0.25) is 14.5 Å². The summed E-state index contributed by atoms with van der Waals surface area (Å²) in [6.07, 6.45) is 1.46. The molecule has 22 heavy (non-hydrogen) atoms. The fourth-order valence-corrected chi connectivity index (χ4v) is 2.18. The van der Waals surface area contributed by atoms with E-state index in [9.17, 15) is 14.4 Å². The molecule has 0 unspecified atom stereocenters. The van der Waals surface area contributed by atoms with E-state index in [0.29, 0.717) is 5.69 Å². The summed E-state index contributed by atoms with van der Waals surface area (Å²) in [6.45, 7) is 1.72. The van der Waals surface area contributed by atoms with Crippen LogP contribution >= 0.6 is 0 Å². The van der Waals surface area contributed by atoms with Crippen molar-refractivity contribution in [2.75, 3.05) is 6.54 Å². The molecular formula is C14H13N5O3. The third-order valence-corrected chi connectivity index (χ3v) is 3.30. The van der Waals surface area contributed by atoms with E-state index in [-0.39, 0.29) is 13.1 Å². The van der Waals surface area contributed by atoms with Gasteiger partial charge in [-0.05, 0) is 19.1 Å². The quantitative estimate of drug-likeness (QED) is 0.608. The van der Waals surface area contributed by atoms with E-state index >= 15 is 0 Å². The Labute approximate surface area is 125 Å². The minimum atomic E-state index is -0.832. The Balaban J connectivity index is 1.80. The average molecular weight is 299 g/mol. The second-order valence-electron chi connectivity index (χ2n) is 4.68. The molecule has 2 aromatic rings. The van der Waals surface area contributed by atoms with Crippen LogP contribution in [-0.4, -0.2) is 49.2 Å². The standard InChI is InChI=1S/C14H13N5O3/c1-2-17-12(20)13(21)18(14(17)22)9-10-8-15-19(16-10)11-6-4-3-5-7-11/h3-8H,2,9H2,1H3. The molecule has 1 aromatic heterocycles. The van der Waals surface area contributed by atoms with Crippen LogP contribution in [0.3, 0.4) is 0 Å². The van der Waals surface area contributed by atoms with E-state index in [2.05, 4.69) is 10.2 Å². The van der Waals surface area contributed by atoms with Gasteiger partial charge in [0.2, 0.25) is 0 Å². The topological polar surface area (TPSA) is 88.4 Å². The Bertz CT molecular complexity index is 740. The van der Waals surface area contributed by atoms with Gasteiger partial charge in [0.15, 0.2) is 0 Å². The highest BCUT2D eigenvalue weighted by molar-refractivity contribution is 6.44. The molecule has 0 bridgehead atoms. The summed E-state index contributed by atoms with van der Waals surface area (Å²) in [7, 11) is 0. The predicted molar refractivity (Wildman–Crippen MR) is 74.7 cm³/mol. The number of amides is 4. The third-order valence-electron chi connectivity index (χ3n) is 3.30. The van der Waals surface area contributed by atoms with Gasteiger partial charge in [-0.25, -0.2) is 9.69 Å². The highest BCUT2D eigenvalue weighted by atomic mass is 16.2. The van der Waals surface area contributed by atoms with Gasteiger partial charge in [0.1, 0.15) is 5.69 Å². The minimum absolute atomic E-state index is 0.0766. The lowest BCUT2D eigenvalue weighted by molar-refractivity contribution is -0.143. The van der Waals surface area contributed by atoms with E-state index in [0.717, 1.165) is 15.5 Å². The van der Waals surface area contributed by atoms with Crippen molar-refractivity contribution in [2.45, 2.75) is 13.5 Å². The van der Waals surface area contributed by atoms with Gasteiger partial charge in [0.25, 0.3) is 0 Å². The Morgan fingerprint density at radius 1 is 1.00 bits per heavy atom. The number of hydrogen-bond donors (Lipinski definition) is 0. The lowest BCUT2D eigenvalue weighted by atomic mass is 10.3.